The zero-order valence-electron chi connectivity index (χ0n) is 16.1. The summed E-state index contributed by atoms with van der Waals surface area (Å²) in [5, 5.41) is 4.29. The molecule has 29 heavy (non-hydrogen) atoms. The molecule has 5 rings (SSSR count). The van der Waals surface area contributed by atoms with Crippen LogP contribution in [0.3, 0.4) is 0 Å². The molecule has 1 N–H and O–H groups in total. The maximum Gasteiger partial charge on any atom is 0.170 e. The molecule has 0 unspecified atom stereocenters. The van der Waals surface area contributed by atoms with Crippen LogP contribution in [0, 0.1) is 0 Å². The van der Waals surface area contributed by atoms with E-state index in [9.17, 15) is 0 Å². The van der Waals surface area contributed by atoms with Crippen molar-refractivity contribution in [3.8, 4) is 5.69 Å². The molecule has 4 heterocycles. The molecule has 3 aromatic rings. The van der Waals surface area contributed by atoms with Gasteiger partial charge in [0.05, 0.1) is 23.9 Å². The number of aromatic nitrogens is 2. The molecule has 3 atom stereocenters. The Morgan fingerprint density at radius 1 is 1.10 bits per heavy atom. The number of ether oxygens (including phenoxy) is 1. The van der Waals surface area contributed by atoms with Crippen LogP contribution < -0.4 is 5.32 Å². The summed E-state index contributed by atoms with van der Waals surface area (Å²) in [7, 11) is 0. The summed E-state index contributed by atoms with van der Waals surface area (Å²) in [6.45, 7) is 1.65. The highest BCUT2D eigenvalue weighted by molar-refractivity contribution is 7.80. The van der Waals surface area contributed by atoms with Gasteiger partial charge in [0.15, 0.2) is 5.11 Å². The highest BCUT2D eigenvalue weighted by atomic mass is 32.1. The Kier molecular flexibility index (Phi) is 5.04. The zero-order valence-corrected chi connectivity index (χ0v) is 17.0. The van der Waals surface area contributed by atoms with Crippen molar-refractivity contribution in [3.05, 3.63) is 84.4 Å². The number of rotatable bonds is 5. The minimum absolute atomic E-state index is 0.0109. The molecule has 0 aliphatic carbocycles. The molecule has 0 bridgehead atoms. The summed E-state index contributed by atoms with van der Waals surface area (Å²) in [5.41, 5.74) is 3.37. The number of hydrogen-bond donors (Lipinski definition) is 1. The predicted octanol–water partition coefficient (Wildman–Crippen LogP) is 4.02. The molecule has 5 nitrogen and oxygen atoms in total. The van der Waals surface area contributed by atoms with Gasteiger partial charge >= 0.3 is 0 Å². The van der Waals surface area contributed by atoms with Gasteiger partial charge in [-0.05, 0) is 61.0 Å². The third-order valence-corrected chi connectivity index (χ3v) is 6.09. The minimum atomic E-state index is 0.0109. The van der Waals surface area contributed by atoms with E-state index >= 15 is 0 Å². The van der Waals surface area contributed by atoms with E-state index in [1.807, 2.05) is 24.4 Å². The first-order chi connectivity index (χ1) is 14.3. The van der Waals surface area contributed by atoms with E-state index in [0.29, 0.717) is 0 Å². The molecular formula is C23H24N4OS. The number of nitrogens with one attached hydrogen (secondary N) is 1. The Balaban J connectivity index is 1.50. The van der Waals surface area contributed by atoms with Crippen LogP contribution in [0.4, 0.5) is 0 Å². The summed E-state index contributed by atoms with van der Waals surface area (Å²) >= 11 is 5.75. The average molecular weight is 405 g/mol. The molecule has 0 spiro atoms. The Morgan fingerprint density at radius 3 is 2.72 bits per heavy atom. The molecule has 1 aromatic carbocycles. The van der Waals surface area contributed by atoms with Crippen LogP contribution in [0.5, 0.6) is 0 Å². The van der Waals surface area contributed by atoms with Crippen LogP contribution in [-0.2, 0) is 4.74 Å². The van der Waals surface area contributed by atoms with Gasteiger partial charge in [0.25, 0.3) is 0 Å². The van der Waals surface area contributed by atoms with Crippen molar-refractivity contribution in [3.63, 3.8) is 0 Å². The molecule has 2 aliphatic heterocycles. The lowest BCUT2D eigenvalue weighted by atomic mass is 9.99. The number of para-hydroxylation sites is 1. The highest BCUT2D eigenvalue weighted by Gasteiger charge is 2.41. The number of nitrogens with zero attached hydrogens (tertiary/aromatic N) is 3. The van der Waals surface area contributed by atoms with E-state index in [4.69, 9.17) is 17.0 Å². The van der Waals surface area contributed by atoms with Gasteiger partial charge in [-0.3, -0.25) is 4.98 Å². The summed E-state index contributed by atoms with van der Waals surface area (Å²) < 4.78 is 8.08. The lowest BCUT2D eigenvalue weighted by Gasteiger charge is -2.29. The second kappa shape index (κ2) is 7.97. The van der Waals surface area contributed by atoms with Gasteiger partial charge in [-0.15, -0.1) is 0 Å². The van der Waals surface area contributed by atoms with E-state index in [0.717, 1.165) is 42.5 Å². The number of thiocarbonyl (C=S) groups is 1. The molecule has 0 amide bonds. The van der Waals surface area contributed by atoms with Gasteiger partial charge in [-0.1, -0.05) is 24.3 Å². The fourth-order valence-corrected chi connectivity index (χ4v) is 4.64. The Labute approximate surface area is 176 Å². The van der Waals surface area contributed by atoms with Gasteiger partial charge in [-0.25, -0.2) is 0 Å². The Morgan fingerprint density at radius 2 is 1.97 bits per heavy atom. The smallest absolute Gasteiger partial charge is 0.170 e. The molecule has 2 aromatic heterocycles. The quantitative estimate of drug-likeness (QED) is 0.651. The van der Waals surface area contributed by atoms with Gasteiger partial charge in [0, 0.05) is 37.4 Å². The van der Waals surface area contributed by atoms with Crippen molar-refractivity contribution in [1.82, 2.24) is 19.8 Å². The first kappa shape index (κ1) is 18.3. The molecule has 2 aliphatic rings. The van der Waals surface area contributed by atoms with Gasteiger partial charge < -0.3 is 19.5 Å². The van der Waals surface area contributed by atoms with Crippen LogP contribution in [0.1, 0.15) is 36.2 Å². The van der Waals surface area contributed by atoms with Crippen LogP contribution in [0.25, 0.3) is 5.69 Å². The SMILES string of the molecule is S=C1N[C@H](c2ccccn2)[C@@H](c2ccn(-c3ccccc3)c2)N1C[C@@H]1CCCO1. The summed E-state index contributed by atoms with van der Waals surface area (Å²) in [6.07, 6.45) is 8.60. The second-order valence-corrected chi connectivity index (χ2v) is 7.99. The normalized spacial score (nSPS) is 24.1. The minimum Gasteiger partial charge on any atom is -0.376 e. The summed E-state index contributed by atoms with van der Waals surface area (Å²) in [4.78, 5) is 6.90. The summed E-state index contributed by atoms with van der Waals surface area (Å²) in [6, 6.07) is 18.7. The molecule has 0 saturated carbocycles. The number of hydrogen-bond acceptors (Lipinski definition) is 3. The monoisotopic (exact) mass is 404 g/mol. The van der Waals surface area contributed by atoms with E-state index in [-0.39, 0.29) is 18.2 Å². The number of pyridine rings is 1. The highest BCUT2D eigenvalue weighted by Crippen LogP contribution is 2.39. The molecule has 6 heteroatoms. The first-order valence-electron chi connectivity index (χ1n) is 10.1. The fraction of sp³-hybridized carbons (Fsp3) is 0.304. The predicted molar refractivity (Wildman–Crippen MR) is 117 cm³/mol. The molecular weight excluding hydrogens is 380 g/mol. The van der Waals surface area contributed by atoms with Crippen molar-refractivity contribution in [2.24, 2.45) is 0 Å². The van der Waals surface area contributed by atoms with Crippen LogP contribution >= 0.6 is 12.2 Å². The van der Waals surface area contributed by atoms with Crippen molar-refractivity contribution in [1.29, 1.82) is 0 Å². The first-order valence-corrected chi connectivity index (χ1v) is 10.5. The lowest BCUT2D eigenvalue weighted by molar-refractivity contribution is 0.0842. The fourth-order valence-electron chi connectivity index (χ4n) is 4.32. The molecule has 148 valence electrons. The summed E-state index contributed by atoms with van der Waals surface area (Å²) in [5.74, 6) is 0. The van der Waals surface area contributed by atoms with Gasteiger partial charge in [-0.2, -0.15) is 0 Å². The standard InChI is InChI=1S/C23H24N4OS/c29-23-25-21(20-10-4-5-12-24-20)22(27(23)16-19-9-6-14-28-19)17-11-13-26(15-17)18-7-2-1-3-8-18/h1-5,7-8,10-13,15,19,21-22H,6,9,14,16H2,(H,25,29)/t19-,21+,22+/m0/s1. The largest absolute Gasteiger partial charge is 0.376 e. The van der Waals surface area contributed by atoms with Crippen LogP contribution in [0.15, 0.2) is 73.2 Å². The Bertz CT molecular complexity index is 969. The van der Waals surface area contributed by atoms with E-state index in [2.05, 4.69) is 68.6 Å². The maximum atomic E-state index is 5.91. The molecule has 2 fully saturated rings. The van der Waals surface area contributed by atoms with Gasteiger partial charge in [0.1, 0.15) is 0 Å². The van der Waals surface area contributed by atoms with E-state index in [1.54, 1.807) is 0 Å². The third kappa shape index (κ3) is 3.66. The van der Waals surface area contributed by atoms with Crippen LogP contribution in [-0.4, -0.2) is 38.8 Å². The molecule has 0 radical (unpaired) electrons. The lowest BCUT2D eigenvalue weighted by Crippen LogP contribution is -2.36. The van der Waals surface area contributed by atoms with E-state index in [1.165, 1.54) is 5.56 Å². The second-order valence-electron chi connectivity index (χ2n) is 7.60. The maximum absolute atomic E-state index is 5.91. The zero-order chi connectivity index (χ0) is 19.6. The Hall–Kier alpha value is -2.70. The average Bonchev–Trinajstić information content (AvgIpc) is 3.51. The van der Waals surface area contributed by atoms with Crippen molar-refractivity contribution in [2.45, 2.75) is 31.0 Å². The van der Waals surface area contributed by atoms with Crippen molar-refractivity contribution in [2.75, 3.05) is 13.2 Å². The topological polar surface area (TPSA) is 42.3 Å². The molecule has 2 saturated heterocycles. The van der Waals surface area contributed by atoms with E-state index < -0.39 is 0 Å². The van der Waals surface area contributed by atoms with Crippen LogP contribution in [0.2, 0.25) is 0 Å². The van der Waals surface area contributed by atoms with Gasteiger partial charge in [0.2, 0.25) is 0 Å². The van der Waals surface area contributed by atoms with Crippen molar-refractivity contribution >= 4 is 17.3 Å². The number of benzene rings is 1. The van der Waals surface area contributed by atoms with Crippen molar-refractivity contribution < 1.29 is 4.74 Å². The third-order valence-electron chi connectivity index (χ3n) is 5.73.